The van der Waals surface area contributed by atoms with Gasteiger partial charge in [-0.2, -0.15) is 4.98 Å². The predicted molar refractivity (Wildman–Crippen MR) is 64.1 cm³/mol. The van der Waals surface area contributed by atoms with E-state index < -0.39 is 17.3 Å². The van der Waals surface area contributed by atoms with E-state index >= 15 is 0 Å². The number of aromatic nitrogens is 2. The molecule has 0 aliphatic heterocycles. The molecule has 0 saturated carbocycles. The number of nitrogens with one attached hydrogen (secondary N) is 1. The standard InChI is InChI=1S/C11H11FN4O3/c1-5-15-10(19-16-5)4-14-9-3-7(12)6(11(17)18)2-8(9)13/h2-3,14H,4,13H2,1H3,(H,17,18). The summed E-state index contributed by atoms with van der Waals surface area (Å²) in [5.74, 6) is -1.44. The van der Waals surface area contributed by atoms with Crippen LogP contribution in [0.1, 0.15) is 22.1 Å². The van der Waals surface area contributed by atoms with Crippen LogP contribution in [0.15, 0.2) is 16.7 Å². The quantitative estimate of drug-likeness (QED) is 0.716. The highest BCUT2D eigenvalue weighted by Crippen LogP contribution is 2.23. The first kappa shape index (κ1) is 12.8. The van der Waals surface area contributed by atoms with Gasteiger partial charge in [-0.25, -0.2) is 9.18 Å². The van der Waals surface area contributed by atoms with Crippen LogP contribution in [0.5, 0.6) is 0 Å². The van der Waals surface area contributed by atoms with Gasteiger partial charge in [0.15, 0.2) is 5.82 Å². The summed E-state index contributed by atoms with van der Waals surface area (Å²) in [6, 6.07) is 2.07. The third kappa shape index (κ3) is 2.79. The average Bonchev–Trinajstić information content (AvgIpc) is 2.75. The molecule has 0 atom stereocenters. The zero-order chi connectivity index (χ0) is 14.0. The van der Waals surface area contributed by atoms with Gasteiger partial charge >= 0.3 is 5.97 Å². The van der Waals surface area contributed by atoms with Gasteiger partial charge in [-0.05, 0) is 19.1 Å². The lowest BCUT2D eigenvalue weighted by atomic mass is 10.1. The number of carboxylic acid groups (broad SMARTS) is 1. The van der Waals surface area contributed by atoms with Gasteiger partial charge in [-0.1, -0.05) is 5.16 Å². The Morgan fingerprint density at radius 1 is 1.58 bits per heavy atom. The lowest BCUT2D eigenvalue weighted by Crippen LogP contribution is -2.07. The molecule has 0 bridgehead atoms. The van der Waals surface area contributed by atoms with E-state index in [0.29, 0.717) is 11.7 Å². The van der Waals surface area contributed by atoms with Crippen molar-refractivity contribution in [2.45, 2.75) is 13.5 Å². The van der Waals surface area contributed by atoms with Crippen molar-refractivity contribution in [3.8, 4) is 0 Å². The van der Waals surface area contributed by atoms with Crippen molar-refractivity contribution in [3.05, 3.63) is 35.2 Å². The fourth-order valence-electron chi connectivity index (χ4n) is 1.49. The van der Waals surface area contributed by atoms with E-state index in [4.69, 9.17) is 15.4 Å². The maximum atomic E-state index is 13.5. The van der Waals surface area contributed by atoms with Crippen LogP contribution in [-0.4, -0.2) is 21.2 Å². The first-order chi connectivity index (χ1) is 8.97. The molecular formula is C11H11FN4O3. The lowest BCUT2D eigenvalue weighted by Gasteiger charge is -2.08. The van der Waals surface area contributed by atoms with Gasteiger partial charge in [-0.3, -0.25) is 0 Å². The number of halogens is 1. The molecule has 0 spiro atoms. The average molecular weight is 266 g/mol. The van der Waals surface area contributed by atoms with E-state index in [9.17, 15) is 9.18 Å². The van der Waals surface area contributed by atoms with Crippen LogP contribution in [0.3, 0.4) is 0 Å². The molecule has 0 saturated heterocycles. The molecule has 1 heterocycles. The van der Waals surface area contributed by atoms with Gasteiger partial charge < -0.3 is 20.7 Å². The monoisotopic (exact) mass is 266 g/mol. The molecule has 1 aromatic carbocycles. The number of benzene rings is 1. The van der Waals surface area contributed by atoms with Crippen molar-refractivity contribution < 1.29 is 18.8 Å². The summed E-state index contributed by atoms with van der Waals surface area (Å²) in [6.07, 6.45) is 0. The number of aromatic carboxylic acids is 1. The molecule has 0 aliphatic rings. The maximum Gasteiger partial charge on any atom is 0.338 e. The predicted octanol–water partition coefficient (Wildman–Crippen LogP) is 1.41. The van der Waals surface area contributed by atoms with Crippen molar-refractivity contribution in [2.75, 3.05) is 11.1 Å². The van der Waals surface area contributed by atoms with E-state index in [1.165, 1.54) is 0 Å². The molecule has 2 rings (SSSR count). The van der Waals surface area contributed by atoms with Crippen LogP contribution in [0, 0.1) is 12.7 Å². The molecule has 2 aromatic rings. The van der Waals surface area contributed by atoms with Crippen LogP contribution < -0.4 is 11.1 Å². The summed E-state index contributed by atoms with van der Waals surface area (Å²) in [6.45, 7) is 1.83. The van der Waals surface area contributed by atoms with Gasteiger partial charge in [-0.15, -0.1) is 0 Å². The molecule has 0 aliphatic carbocycles. The van der Waals surface area contributed by atoms with Gasteiger partial charge in [0.25, 0.3) is 0 Å². The summed E-state index contributed by atoms with van der Waals surface area (Å²) >= 11 is 0. The molecule has 4 N–H and O–H groups in total. The first-order valence-corrected chi connectivity index (χ1v) is 5.32. The van der Waals surface area contributed by atoms with Crippen molar-refractivity contribution in [2.24, 2.45) is 0 Å². The minimum absolute atomic E-state index is 0.120. The number of nitrogen functional groups attached to an aromatic ring is 1. The second-order valence-corrected chi connectivity index (χ2v) is 3.81. The normalized spacial score (nSPS) is 10.4. The van der Waals surface area contributed by atoms with E-state index in [2.05, 4.69) is 15.5 Å². The minimum atomic E-state index is -1.37. The fourth-order valence-corrected chi connectivity index (χ4v) is 1.49. The summed E-state index contributed by atoms with van der Waals surface area (Å²) in [7, 11) is 0. The summed E-state index contributed by atoms with van der Waals surface area (Å²) in [4.78, 5) is 14.7. The SMILES string of the molecule is Cc1noc(CNc2cc(F)c(C(=O)O)cc2N)n1. The Morgan fingerprint density at radius 2 is 2.32 bits per heavy atom. The van der Waals surface area contributed by atoms with Crippen LogP contribution in [0.2, 0.25) is 0 Å². The van der Waals surface area contributed by atoms with Gasteiger partial charge in [0, 0.05) is 0 Å². The molecule has 7 nitrogen and oxygen atoms in total. The largest absolute Gasteiger partial charge is 0.478 e. The van der Waals surface area contributed by atoms with Gasteiger partial charge in [0.2, 0.25) is 5.89 Å². The second-order valence-electron chi connectivity index (χ2n) is 3.81. The lowest BCUT2D eigenvalue weighted by molar-refractivity contribution is 0.0692. The molecule has 0 amide bonds. The molecular weight excluding hydrogens is 255 g/mol. The maximum absolute atomic E-state index is 13.5. The van der Waals surface area contributed by atoms with E-state index in [1.54, 1.807) is 6.92 Å². The third-order valence-electron chi connectivity index (χ3n) is 2.37. The van der Waals surface area contributed by atoms with Crippen LogP contribution in [0.4, 0.5) is 15.8 Å². The highest BCUT2D eigenvalue weighted by molar-refractivity contribution is 5.90. The highest BCUT2D eigenvalue weighted by Gasteiger charge is 2.14. The number of nitrogens with two attached hydrogens (primary N) is 1. The number of rotatable bonds is 4. The Kier molecular flexibility index (Phi) is 3.32. The Bertz CT molecular complexity index is 626. The Balaban J connectivity index is 2.17. The Morgan fingerprint density at radius 3 is 2.89 bits per heavy atom. The number of anilines is 2. The minimum Gasteiger partial charge on any atom is -0.478 e. The molecule has 1 aromatic heterocycles. The summed E-state index contributed by atoms with van der Waals surface area (Å²) < 4.78 is 18.3. The zero-order valence-electron chi connectivity index (χ0n) is 9.98. The Hall–Kier alpha value is -2.64. The number of carbonyl (C=O) groups is 1. The number of nitrogens with zero attached hydrogens (tertiary/aromatic N) is 2. The molecule has 0 radical (unpaired) electrons. The molecule has 0 unspecified atom stereocenters. The van der Waals surface area contributed by atoms with Gasteiger partial charge in [0.05, 0.1) is 23.5 Å². The number of aryl methyl sites for hydroxylation is 1. The Labute approximate surface area is 107 Å². The summed E-state index contributed by atoms with van der Waals surface area (Å²) in [5, 5.41) is 15.1. The van der Waals surface area contributed by atoms with E-state index in [0.717, 1.165) is 12.1 Å². The van der Waals surface area contributed by atoms with Crippen molar-refractivity contribution in [1.82, 2.24) is 10.1 Å². The van der Waals surface area contributed by atoms with Crippen LogP contribution >= 0.6 is 0 Å². The molecule has 100 valence electrons. The third-order valence-corrected chi connectivity index (χ3v) is 2.37. The van der Waals surface area contributed by atoms with E-state index in [1.807, 2.05) is 0 Å². The fraction of sp³-hybridized carbons (Fsp3) is 0.182. The van der Waals surface area contributed by atoms with Crippen molar-refractivity contribution in [3.63, 3.8) is 0 Å². The van der Waals surface area contributed by atoms with E-state index in [-0.39, 0.29) is 17.9 Å². The topological polar surface area (TPSA) is 114 Å². The van der Waals surface area contributed by atoms with Gasteiger partial charge in [0.1, 0.15) is 5.82 Å². The molecule has 0 fully saturated rings. The van der Waals surface area contributed by atoms with Crippen LogP contribution in [0.25, 0.3) is 0 Å². The molecule has 19 heavy (non-hydrogen) atoms. The number of hydrogen-bond donors (Lipinski definition) is 3. The zero-order valence-corrected chi connectivity index (χ0v) is 9.98. The second kappa shape index (κ2) is 4.92. The van der Waals surface area contributed by atoms with Crippen molar-refractivity contribution >= 4 is 17.3 Å². The first-order valence-electron chi connectivity index (χ1n) is 5.32. The molecule has 8 heteroatoms. The summed E-state index contributed by atoms with van der Waals surface area (Å²) in [5.41, 5.74) is 5.55. The van der Waals surface area contributed by atoms with Crippen molar-refractivity contribution in [1.29, 1.82) is 0 Å². The number of carboxylic acids is 1. The number of hydrogen-bond acceptors (Lipinski definition) is 6. The highest BCUT2D eigenvalue weighted by atomic mass is 19.1. The smallest absolute Gasteiger partial charge is 0.338 e. The van der Waals surface area contributed by atoms with Crippen LogP contribution in [-0.2, 0) is 6.54 Å².